The second-order valence-electron chi connectivity index (χ2n) is 6.79. The van der Waals surface area contributed by atoms with Gasteiger partial charge in [0.15, 0.2) is 0 Å². The minimum Gasteiger partial charge on any atom is -0.337 e. The van der Waals surface area contributed by atoms with Crippen LogP contribution in [0, 0.1) is 0 Å². The SMILES string of the molecule is CN(Cc1ccc(C(F)(F)F)cc1)C(=O)c1cccc(S(=O)(=O)NCc2cccs2)c1. The van der Waals surface area contributed by atoms with E-state index in [0.717, 1.165) is 17.0 Å². The van der Waals surface area contributed by atoms with Gasteiger partial charge in [-0.1, -0.05) is 24.3 Å². The molecule has 10 heteroatoms. The number of amides is 1. The van der Waals surface area contributed by atoms with Gasteiger partial charge in [0.2, 0.25) is 10.0 Å². The summed E-state index contributed by atoms with van der Waals surface area (Å²) in [5.74, 6) is -0.449. The zero-order chi connectivity index (χ0) is 22.6. The smallest absolute Gasteiger partial charge is 0.337 e. The first-order valence-corrected chi connectivity index (χ1v) is 11.5. The highest BCUT2D eigenvalue weighted by molar-refractivity contribution is 7.89. The van der Waals surface area contributed by atoms with E-state index in [9.17, 15) is 26.4 Å². The van der Waals surface area contributed by atoms with Gasteiger partial charge in [-0.25, -0.2) is 13.1 Å². The molecule has 0 radical (unpaired) electrons. The zero-order valence-corrected chi connectivity index (χ0v) is 18.0. The molecule has 1 amide bonds. The van der Waals surface area contributed by atoms with Gasteiger partial charge in [-0.05, 0) is 47.3 Å². The van der Waals surface area contributed by atoms with Gasteiger partial charge in [0.1, 0.15) is 0 Å². The number of carbonyl (C=O) groups is 1. The van der Waals surface area contributed by atoms with Gasteiger partial charge in [0, 0.05) is 30.6 Å². The maximum atomic E-state index is 12.7. The van der Waals surface area contributed by atoms with Crippen LogP contribution in [-0.4, -0.2) is 26.3 Å². The number of rotatable bonds is 7. The number of halogens is 3. The minimum absolute atomic E-state index is 0.0437. The Morgan fingerprint density at radius 3 is 2.39 bits per heavy atom. The molecule has 0 unspecified atom stereocenters. The van der Waals surface area contributed by atoms with Crippen molar-refractivity contribution in [3.63, 3.8) is 0 Å². The average Bonchev–Trinajstić information content (AvgIpc) is 3.25. The first-order valence-electron chi connectivity index (χ1n) is 9.10. The highest BCUT2D eigenvalue weighted by atomic mass is 32.2. The Labute approximate surface area is 182 Å². The quantitative estimate of drug-likeness (QED) is 0.555. The summed E-state index contributed by atoms with van der Waals surface area (Å²) in [7, 11) is -2.32. The van der Waals surface area contributed by atoms with Crippen LogP contribution in [0.4, 0.5) is 13.2 Å². The van der Waals surface area contributed by atoms with Crippen LogP contribution >= 0.6 is 11.3 Å². The molecular formula is C21H19F3N2O3S2. The molecule has 3 rings (SSSR count). The number of thiophene rings is 1. The fraction of sp³-hybridized carbons (Fsp3) is 0.190. The molecule has 0 bridgehead atoms. The van der Waals surface area contributed by atoms with E-state index in [1.54, 1.807) is 0 Å². The standard InChI is InChI=1S/C21H19F3N2O3S2/c1-26(14-15-7-9-17(10-8-15)21(22,23)24)20(27)16-4-2-6-19(12-16)31(28,29)25-13-18-5-3-11-30-18/h2-12,25H,13-14H2,1H3. The molecule has 1 N–H and O–H groups in total. The third-order valence-electron chi connectivity index (χ3n) is 4.46. The molecular weight excluding hydrogens is 449 g/mol. The predicted octanol–water partition coefficient (Wildman–Crippen LogP) is 4.52. The molecule has 31 heavy (non-hydrogen) atoms. The van der Waals surface area contributed by atoms with E-state index in [1.807, 2.05) is 17.5 Å². The van der Waals surface area contributed by atoms with Crippen molar-refractivity contribution in [2.24, 2.45) is 0 Å². The molecule has 0 aliphatic heterocycles. The Balaban J connectivity index is 1.70. The normalized spacial score (nSPS) is 12.0. The monoisotopic (exact) mass is 468 g/mol. The lowest BCUT2D eigenvalue weighted by atomic mass is 10.1. The Hall–Kier alpha value is -2.69. The molecule has 2 aromatic carbocycles. The predicted molar refractivity (Wildman–Crippen MR) is 112 cm³/mol. The molecule has 0 saturated heterocycles. The van der Waals surface area contributed by atoms with Crippen molar-refractivity contribution in [3.05, 3.63) is 87.6 Å². The highest BCUT2D eigenvalue weighted by Gasteiger charge is 2.30. The number of hydrogen-bond donors (Lipinski definition) is 1. The molecule has 1 heterocycles. The average molecular weight is 469 g/mol. The summed E-state index contributed by atoms with van der Waals surface area (Å²) >= 11 is 1.42. The van der Waals surface area contributed by atoms with Crippen LogP contribution in [0.2, 0.25) is 0 Å². The Morgan fingerprint density at radius 2 is 1.77 bits per heavy atom. The molecule has 0 aliphatic rings. The number of alkyl halides is 3. The number of carbonyl (C=O) groups excluding carboxylic acids is 1. The molecule has 5 nitrogen and oxygen atoms in total. The number of nitrogens with zero attached hydrogens (tertiary/aromatic N) is 1. The van der Waals surface area contributed by atoms with Gasteiger partial charge in [-0.3, -0.25) is 4.79 Å². The summed E-state index contributed by atoms with van der Waals surface area (Å²) in [5, 5.41) is 1.84. The van der Waals surface area contributed by atoms with Crippen LogP contribution in [-0.2, 0) is 29.3 Å². The summed E-state index contributed by atoms with van der Waals surface area (Å²) in [6, 6.07) is 13.8. The van der Waals surface area contributed by atoms with Gasteiger partial charge in [0.25, 0.3) is 5.91 Å². The van der Waals surface area contributed by atoms with Crippen LogP contribution in [0.25, 0.3) is 0 Å². The van der Waals surface area contributed by atoms with E-state index in [2.05, 4.69) is 4.72 Å². The lowest BCUT2D eigenvalue weighted by molar-refractivity contribution is -0.137. The van der Waals surface area contributed by atoms with E-state index in [-0.39, 0.29) is 23.5 Å². The van der Waals surface area contributed by atoms with Crippen molar-refractivity contribution >= 4 is 27.3 Å². The van der Waals surface area contributed by atoms with E-state index < -0.39 is 27.7 Å². The summed E-state index contributed by atoms with van der Waals surface area (Å²) < 4.78 is 65.6. The number of hydrogen-bond acceptors (Lipinski definition) is 4. The molecule has 0 fully saturated rings. The summed E-state index contributed by atoms with van der Waals surface area (Å²) in [5.41, 5.74) is -0.0863. The van der Waals surface area contributed by atoms with E-state index in [4.69, 9.17) is 0 Å². The van der Waals surface area contributed by atoms with Crippen molar-refractivity contribution in [2.75, 3.05) is 7.05 Å². The third-order valence-corrected chi connectivity index (χ3v) is 6.73. The molecule has 3 aromatic rings. The van der Waals surface area contributed by atoms with Crippen molar-refractivity contribution in [3.8, 4) is 0 Å². The summed E-state index contributed by atoms with van der Waals surface area (Å²) in [4.78, 5) is 14.9. The Morgan fingerprint density at radius 1 is 1.06 bits per heavy atom. The number of nitrogens with one attached hydrogen (secondary N) is 1. The van der Waals surface area contributed by atoms with Crippen LogP contribution in [0.15, 0.2) is 70.9 Å². The van der Waals surface area contributed by atoms with Gasteiger partial charge in [-0.2, -0.15) is 13.2 Å². The van der Waals surface area contributed by atoms with Gasteiger partial charge in [-0.15, -0.1) is 11.3 Å². The van der Waals surface area contributed by atoms with Crippen molar-refractivity contribution in [1.29, 1.82) is 0 Å². The second-order valence-corrected chi connectivity index (χ2v) is 9.59. The topological polar surface area (TPSA) is 66.5 Å². The van der Waals surface area contributed by atoms with E-state index in [0.29, 0.717) is 5.56 Å². The zero-order valence-electron chi connectivity index (χ0n) is 16.4. The van der Waals surface area contributed by atoms with E-state index in [1.165, 1.54) is 59.7 Å². The van der Waals surface area contributed by atoms with Crippen molar-refractivity contribution < 1.29 is 26.4 Å². The molecule has 0 aliphatic carbocycles. The van der Waals surface area contributed by atoms with Crippen LogP contribution in [0.3, 0.4) is 0 Å². The summed E-state index contributed by atoms with van der Waals surface area (Å²) in [6.07, 6.45) is -4.43. The van der Waals surface area contributed by atoms with Crippen molar-refractivity contribution in [2.45, 2.75) is 24.2 Å². The molecule has 164 valence electrons. The minimum atomic E-state index is -4.43. The first-order chi connectivity index (χ1) is 14.6. The Bertz CT molecular complexity index is 1140. The Kier molecular flexibility index (Phi) is 6.83. The fourth-order valence-electron chi connectivity index (χ4n) is 2.82. The van der Waals surface area contributed by atoms with E-state index >= 15 is 0 Å². The largest absolute Gasteiger partial charge is 0.416 e. The number of sulfonamides is 1. The second kappa shape index (κ2) is 9.21. The molecule has 1 aromatic heterocycles. The third kappa shape index (κ3) is 5.93. The highest BCUT2D eigenvalue weighted by Crippen LogP contribution is 2.29. The van der Waals surface area contributed by atoms with Gasteiger partial charge in [0.05, 0.1) is 10.5 Å². The van der Waals surface area contributed by atoms with Gasteiger partial charge >= 0.3 is 6.18 Å². The lowest BCUT2D eigenvalue weighted by Gasteiger charge is -2.18. The lowest BCUT2D eigenvalue weighted by Crippen LogP contribution is -2.27. The number of benzene rings is 2. The maximum absolute atomic E-state index is 12.7. The summed E-state index contributed by atoms with van der Waals surface area (Å²) in [6.45, 7) is 0.219. The first kappa shape index (κ1) is 23.0. The van der Waals surface area contributed by atoms with Crippen LogP contribution in [0.5, 0.6) is 0 Å². The molecule has 0 spiro atoms. The maximum Gasteiger partial charge on any atom is 0.416 e. The fourth-order valence-corrected chi connectivity index (χ4v) is 4.61. The van der Waals surface area contributed by atoms with Gasteiger partial charge < -0.3 is 4.90 Å². The molecule has 0 atom stereocenters. The van der Waals surface area contributed by atoms with Crippen LogP contribution in [0.1, 0.15) is 26.4 Å². The van der Waals surface area contributed by atoms with Crippen LogP contribution < -0.4 is 4.72 Å². The molecule has 0 saturated carbocycles. The van der Waals surface area contributed by atoms with Crippen molar-refractivity contribution in [1.82, 2.24) is 9.62 Å².